The summed E-state index contributed by atoms with van der Waals surface area (Å²) in [6.45, 7) is 35.5. The molecule has 4 fully saturated rings. The molecule has 0 bridgehead atoms. The number of thiazole rings is 1. The van der Waals surface area contributed by atoms with E-state index in [1.54, 1.807) is 5.57 Å². The molecule has 4 nitrogen and oxygen atoms in total. The highest BCUT2D eigenvalue weighted by atomic mass is 32.1. The molecule has 4 saturated carbocycles. The van der Waals surface area contributed by atoms with Gasteiger partial charge in [0, 0.05) is 17.5 Å². The van der Waals surface area contributed by atoms with E-state index in [1.165, 1.54) is 61.0 Å². The Bertz CT molecular complexity index is 1540. The molecule has 0 aromatic carbocycles. The van der Waals surface area contributed by atoms with Gasteiger partial charge in [0.1, 0.15) is 5.01 Å². The third-order valence-electron chi connectivity index (χ3n) is 15.1. The molecule has 0 aliphatic heterocycles. The molecule has 0 spiro atoms. The molecular weight excluding hydrogens is 703 g/mol. The van der Waals surface area contributed by atoms with E-state index in [4.69, 9.17) is 20.4 Å². The number of hydrogen-bond acceptors (Lipinski definition) is 5. The van der Waals surface area contributed by atoms with Gasteiger partial charge < -0.3 is 14.0 Å². The largest absolute Gasteiger partial charge is 0.413 e. The Labute approximate surface area is 331 Å². The number of hydrogen-bond donors (Lipinski definition) is 1. The molecule has 5 rings (SSSR count). The van der Waals surface area contributed by atoms with E-state index in [1.807, 2.05) is 11.3 Å². The zero-order chi connectivity index (χ0) is 39.2. The number of rotatable bonds is 13. The standard InChI is InChI=1S/C46H77NO3SSi2/c1-15-16-19-37-31-47-42(51-37)46(27-28-46)41(48)25-20-32(2)38-23-24-39-34(18-17-26-45(38,39)10)21-22-35-29-36(49-52(11,12)43(4,5)6)30-40(33(35)3)50-53(13,14)44(7,8)9/h20-22,25,31-32,36,38-41,48H,3,15-19,23-24,26-30H2,1-2,4-14H3/t32-,36-,38-,39+,40+,41+,45-/m1/s1. The Morgan fingerprint density at radius 1 is 1.00 bits per heavy atom. The number of allylic oxidation sites excluding steroid dienone is 4. The Balaban J connectivity index is 1.32. The van der Waals surface area contributed by atoms with Crippen LogP contribution in [0, 0.1) is 23.2 Å². The number of unbranched alkanes of at least 4 members (excludes halogenated alkanes) is 1. The fourth-order valence-corrected chi connectivity index (χ4v) is 13.2. The van der Waals surface area contributed by atoms with Gasteiger partial charge in [-0.3, -0.25) is 0 Å². The molecule has 4 aliphatic rings. The molecule has 7 atom stereocenters. The normalized spacial score (nSPS) is 31.0. The lowest BCUT2D eigenvalue weighted by molar-refractivity contribution is 0.0969. The van der Waals surface area contributed by atoms with Crippen LogP contribution in [-0.4, -0.2) is 45.0 Å². The van der Waals surface area contributed by atoms with E-state index in [0.717, 1.165) is 37.1 Å². The predicted octanol–water partition coefficient (Wildman–Crippen LogP) is 13.3. The van der Waals surface area contributed by atoms with Gasteiger partial charge in [0.15, 0.2) is 16.6 Å². The molecule has 1 heterocycles. The minimum atomic E-state index is -2.00. The maximum absolute atomic E-state index is 11.5. The molecular formula is C46H77NO3SSi2. The number of aryl methyl sites for hydroxylation is 1. The van der Waals surface area contributed by atoms with Crippen LogP contribution in [-0.2, 0) is 20.7 Å². The topological polar surface area (TPSA) is 51.6 Å². The zero-order valence-electron chi connectivity index (χ0n) is 36.2. The number of aliphatic hydroxyl groups is 1. The molecule has 0 amide bonds. The van der Waals surface area contributed by atoms with Crippen LogP contribution in [0.4, 0.5) is 0 Å². The lowest BCUT2D eigenvalue weighted by Crippen LogP contribution is -2.49. The predicted molar refractivity (Wildman–Crippen MR) is 233 cm³/mol. The highest BCUT2D eigenvalue weighted by Crippen LogP contribution is 2.60. The first-order chi connectivity index (χ1) is 24.5. The van der Waals surface area contributed by atoms with Crippen LogP contribution in [0.5, 0.6) is 0 Å². The molecule has 0 saturated heterocycles. The van der Waals surface area contributed by atoms with E-state index in [9.17, 15) is 5.11 Å². The SMILES string of the molecule is C=C1C(=CC=C2CCC[C@]3(C)[C@@H]([C@H](C)C=C[C@H](O)C4(c5ncc(CCCC)s5)CC4)CC[C@@H]23)C[C@@H](O[Si](C)(C)C(C)(C)C)C[C@@H]1O[Si](C)(C)C(C)(C)C. The summed E-state index contributed by atoms with van der Waals surface area (Å²) in [5.41, 5.74) is 4.25. The van der Waals surface area contributed by atoms with Gasteiger partial charge in [-0.05, 0) is 135 Å². The van der Waals surface area contributed by atoms with Crippen LogP contribution < -0.4 is 0 Å². The fraction of sp³-hybridized carbons (Fsp3) is 0.761. The summed E-state index contributed by atoms with van der Waals surface area (Å²) in [5.74, 6) is 1.67. The lowest BCUT2D eigenvalue weighted by Gasteiger charge is -2.45. The Kier molecular flexibility index (Phi) is 13.0. The minimum Gasteiger partial charge on any atom is -0.413 e. The van der Waals surface area contributed by atoms with E-state index in [-0.39, 0.29) is 33.1 Å². The third-order valence-corrected chi connectivity index (χ3v) is 25.4. The first kappa shape index (κ1) is 43.0. The number of nitrogens with zero attached hydrogens (tertiary/aromatic N) is 1. The summed E-state index contributed by atoms with van der Waals surface area (Å²) in [6, 6.07) is 0. The average molecular weight is 780 g/mol. The van der Waals surface area contributed by atoms with Crippen LogP contribution in [0.15, 0.2) is 53.8 Å². The fourth-order valence-electron chi connectivity index (χ4n) is 9.28. The van der Waals surface area contributed by atoms with E-state index >= 15 is 0 Å². The molecule has 0 radical (unpaired) electrons. The monoisotopic (exact) mass is 780 g/mol. The van der Waals surface area contributed by atoms with Gasteiger partial charge in [-0.1, -0.05) is 105 Å². The van der Waals surface area contributed by atoms with Crippen molar-refractivity contribution in [3.05, 3.63) is 63.7 Å². The van der Waals surface area contributed by atoms with Crippen molar-refractivity contribution < 1.29 is 14.0 Å². The molecule has 298 valence electrons. The molecule has 1 aromatic rings. The van der Waals surface area contributed by atoms with Crippen molar-refractivity contribution in [1.82, 2.24) is 4.98 Å². The van der Waals surface area contributed by atoms with Gasteiger partial charge in [0.25, 0.3) is 0 Å². The third kappa shape index (κ3) is 9.22. The minimum absolute atomic E-state index is 0.00742. The summed E-state index contributed by atoms with van der Waals surface area (Å²) in [6.07, 6.45) is 24.9. The second-order valence-corrected chi connectivity index (χ2v) is 31.6. The molecule has 1 N–H and O–H groups in total. The van der Waals surface area contributed by atoms with Crippen molar-refractivity contribution in [2.45, 2.75) is 199 Å². The van der Waals surface area contributed by atoms with Gasteiger partial charge in [-0.2, -0.15) is 0 Å². The Morgan fingerprint density at radius 2 is 1.66 bits per heavy atom. The molecule has 1 aromatic heterocycles. The van der Waals surface area contributed by atoms with Crippen molar-refractivity contribution in [2.75, 3.05) is 0 Å². The van der Waals surface area contributed by atoms with Gasteiger partial charge in [-0.25, -0.2) is 4.98 Å². The average Bonchev–Trinajstić information content (AvgIpc) is 3.58. The number of aromatic nitrogens is 1. The highest BCUT2D eigenvalue weighted by Gasteiger charge is 2.53. The number of aliphatic hydroxyl groups excluding tert-OH is 1. The second-order valence-electron chi connectivity index (χ2n) is 20.9. The van der Waals surface area contributed by atoms with Gasteiger partial charge in [-0.15, -0.1) is 11.3 Å². The van der Waals surface area contributed by atoms with Crippen molar-refractivity contribution in [3.8, 4) is 0 Å². The molecule has 0 unspecified atom stereocenters. The molecule has 7 heteroatoms. The first-order valence-electron chi connectivity index (χ1n) is 21.3. The van der Waals surface area contributed by atoms with Crippen LogP contribution >= 0.6 is 11.3 Å². The summed E-state index contributed by atoms with van der Waals surface area (Å²) in [4.78, 5) is 6.18. The quantitative estimate of drug-likeness (QED) is 0.160. The maximum atomic E-state index is 11.5. The van der Waals surface area contributed by atoms with E-state index in [2.05, 4.69) is 119 Å². The van der Waals surface area contributed by atoms with E-state index < -0.39 is 22.7 Å². The molecule has 4 aliphatic carbocycles. The lowest BCUT2D eigenvalue weighted by atomic mass is 9.61. The van der Waals surface area contributed by atoms with Gasteiger partial charge in [0.2, 0.25) is 0 Å². The summed E-state index contributed by atoms with van der Waals surface area (Å²) >= 11 is 1.83. The van der Waals surface area contributed by atoms with Crippen molar-refractivity contribution >= 4 is 28.0 Å². The van der Waals surface area contributed by atoms with Crippen LogP contribution in [0.1, 0.15) is 143 Å². The van der Waals surface area contributed by atoms with Gasteiger partial charge in [0.05, 0.1) is 23.7 Å². The second kappa shape index (κ2) is 16.0. The summed E-state index contributed by atoms with van der Waals surface area (Å²) < 4.78 is 14.2. The van der Waals surface area contributed by atoms with Gasteiger partial charge >= 0.3 is 0 Å². The molecule has 53 heavy (non-hydrogen) atoms. The summed E-state index contributed by atoms with van der Waals surface area (Å²) in [7, 11) is -3.96. The maximum Gasteiger partial charge on any atom is 0.192 e. The first-order valence-corrected chi connectivity index (χ1v) is 27.9. The smallest absolute Gasteiger partial charge is 0.192 e. The number of fused-ring (bicyclic) bond motifs is 1. The van der Waals surface area contributed by atoms with Crippen LogP contribution in [0.3, 0.4) is 0 Å². The van der Waals surface area contributed by atoms with Crippen LogP contribution in [0.25, 0.3) is 0 Å². The summed E-state index contributed by atoms with van der Waals surface area (Å²) in [5, 5.41) is 13.0. The Morgan fingerprint density at radius 3 is 2.28 bits per heavy atom. The zero-order valence-corrected chi connectivity index (χ0v) is 39.0. The highest BCUT2D eigenvalue weighted by molar-refractivity contribution is 7.11. The van der Waals surface area contributed by atoms with Crippen LogP contribution in [0.2, 0.25) is 36.3 Å². The van der Waals surface area contributed by atoms with E-state index in [0.29, 0.717) is 17.8 Å². The van der Waals surface area contributed by atoms with Crippen molar-refractivity contribution in [2.24, 2.45) is 23.2 Å². The van der Waals surface area contributed by atoms with Crippen molar-refractivity contribution in [3.63, 3.8) is 0 Å². The Hall–Kier alpha value is -1.10. The van der Waals surface area contributed by atoms with Crippen molar-refractivity contribution in [1.29, 1.82) is 0 Å².